The molecule has 6 heterocycles. The van der Waals surface area contributed by atoms with Crippen LogP contribution in [0, 0.1) is 12.7 Å². The van der Waals surface area contributed by atoms with Gasteiger partial charge in [0.2, 0.25) is 5.95 Å². The number of anilines is 2. The molecule has 2 bridgehead atoms. The smallest absolute Gasteiger partial charge is 0.420 e. The number of rotatable bonds is 12. The first-order valence-electron chi connectivity index (χ1n) is 22.8. The van der Waals surface area contributed by atoms with Gasteiger partial charge in [0, 0.05) is 44.5 Å². The Kier molecular flexibility index (Phi) is 12.7. The van der Waals surface area contributed by atoms with Crippen molar-refractivity contribution < 1.29 is 45.7 Å². The fourth-order valence-electron chi connectivity index (χ4n) is 10.3. The van der Waals surface area contributed by atoms with E-state index in [1.165, 1.54) is 13.0 Å². The number of alkyl halides is 4. The summed E-state index contributed by atoms with van der Waals surface area (Å²) in [7, 11) is 3.09. The Labute approximate surface area is 396 Å². The molecule has 1 amide bonds. The van der Waals surface area contributed by atoms with Crippen molar-refractivity contribution in [1.29, 1.82) is 0 Å². The summed E-state index contributed by atoms with van der Waals surface area (Å²) in [4.78, 5) is 39.2. The predicted molar refractivity (Wildman–Crippen MR) is 247 cm³/mol. The molecule has 3 aromatic carbocycles. The number of ether oxygens (including phenoxy) is 4. The van der Waals surface area contributed by atoms with Crippen LogP contribution in [-0.4, -0.2) is 112 Å². The maximum Gasteiger partial charge on any atom is 0.420 e. The lowest BCUT2D eigenvalue weighted by Crippen LogP contribution is -2.57. The molecular weight excluding hydrogens is 911 g/mol. The van der Waals surface area contributed by atoms with Crippen molar-refractivity contribution in [2.75, 3.05) is 56.8 Å². The summed E-state index contributed by atoms with van der Waals surface area (Å²) < 4.78 is 102. The summed E-state index contributed by atoms with van der Waals surface area (Å²) in [5.74, 6) is 0.178. The molecule has 68 heavy (non-hydrogen) atoms. The summed E-state index contributed by atoms with van der Waals surface area (Å²) in [5.41, 5.74) is -3.25. The number of fused-ring (bicyclic) bond motifs is 4. The van der Waals surface area contributed by atoms with Crippen LogP contribution >= 0.6 is 11.6 Å². The van der Waals surface area contributed by atoms with E-state index in [9.17, 15) is 9.18 Å². The average molecular weight is 965 g/mol. The zero-order chi connectivity index (χ0) is 48.3. The van der Waals surface area contributed by atoms with Crippen molar-refractivity contribution >= 4 is 40.4 Å². The van der Waals surface area contributed by atoms with Gasteiger partial charge in [-0.05, 0) is 101 Å². The van der Waals surface area contributed by atoms with Crippen molar-refractivity contribution in [2.45, 2.75) is 108 Å². The summed E-state index contributed by atoms with van der Waals surface area (Å²) >= 11 is 7.01. The maximum atomic E-state index is 17.9. The van der Waals surface area contributed by atoms with Gasteiger partial charge in [0.15, 0.2) is 5.82 Å². The minimum Gasteiger partial charge on any atom is -0.497 e. The normalized spacial score (nSPS) is 21.6. The molecule has 4 atom stereocenters. The van der Waals surface area contributed by atoms with E-state index in [4.69, 9.17) is 35.5 Å². The molecule has 13 nitrogen and oxygen atoms in total. The van der Waals surface area contributed by atoms with Gasteiger partial charge >= 0.3 is 18.3 Å². The lowest BCUT2D eigenvalue weighted by molar-refractivity contribution is -0.138. The van der Waals surface area contributed by atoms with Gasteiger partial charge in [0.05, 0.1) is 53.8 Å². The Morgan fingerprint density at radius 1 is 0.897 bits per heavy atom. The zero-order valence-electron chi connectivity index (χ0n) is 38.8. The van der Waals surface area contributed by atoms with Crippen LogP contribution in [0.25, 0.3) is 22.2 Å². The van der Waals surface area contributed by atoms with E-state index >= 15 is 17.6 Å². The Morgan fingerprint density at radius 3 is 2.09 bits per heavy atom. The first-order valence-corrected chi connectivity index (χ1v) is 23.2. The number of nitrogens with zero attached hydrogens (tertiary/aromatic N) is 8. The largest absolute Gasteiger partial charge is 0.497 e. The van der Waals surface area contributed by atoms with E-state index in [0.29, 0.717) is 37.3 Å². The molecule has 19 heteroatoms. The molecular formula is C49H54ClF5N8O5. The van der Waals surface area contributed by atoms with Crippen LogP contribution in [0.1, 0.15) is 75.3 Å². The second kappa shape index (κ2) is 18.3. The van der Waals surface area contributed by atoms with Crippen molar-refractivity contribution in [3.8, 4) is 28.8 Å². The van der Waals surface area contributed by atoms with E-state index in [-0.39, 0.29) is 91.5 Å². The van der Waals surface area contributed by atoms with E-state index in [1.54, 1.807) is 69.1 Å². The number of benzene rings is 3. The third kappa shape index (κ3) is 9.37. The van der Waals surface area contributed by atoms with Crippen LogP contribution in [0.5, 0.6) is 17.5 Å². The summed E-state index contributed by atoms with van der Waals surface area (Å²) in [6, 6.07) is 14.9. The maximum absolute atomic E-state index is 17.9. The monoisotopic (exact) mass is 964 g/mol. The van der Waals surface area contributed by atoms with Crippen molar-refractivity contribution in [1.82, 2.24) is 29.7 Å². The highest BCUT2D eigenvalue weighted by atomic mass is 35.5. The molecule has 4 aliphatic rings. The zero-order valence-corrected chi connectivity index (χ0v) is 39.6. The van der Waals surface area contributed by atoms with Gasteiger partial charge in [0.1, 0.15) is 46.8 Å². The highest BCUT2D eigenvalue weighted by Gasteiger charge is 2.50. The predicted octanol–water partition coefficient (Wildman–Crippen LogP) is 9.97. The summed E-state index contributed by atoms with van der Waals surface area (Å²) in [6.07, 6.45) is -3.38. The van der Waals surface area contributed by atoms with Gasteiger partial charge in [-0.3, -0.25) is 9.80 Å². The average Bonchev–Trinajstić information content (AvgIpc) is 3.91. The molecule has 4 saturated heterocycles. The number of amides is 1. The number of hydrogen-bond donors (Lipinski definition) is 0. The Bertz CT molecular complexity index is 2630. The van der Waals surface area contributed by atoms with E-state index < -0.39 is 57.9 Å². The van der Waals surface area contributed by atoms with Crippen LogP contribution in [0.3, 0.4) is 0 Å². The first kappa shape index (κ1) is 47.3. The highest BCUT2D eigenvalue weighted by Crippen LogP contribution is 2.46. The standard InChI is InChI=1S/C49H54ClF5N8O5/c1-28-39(49(53,54)55)42(57-44(56-28)61(22-29-8-14-34(65-5)15-9-29)23-30-10-16-35(66-6)17-11-30)38-37(50)20-36-41(40(38)52)58-45(67-27-48-18-7-19-62(48)24-31(51)21-48)59-43(36)60-25-32-12-13-33(26-60)63(32)46(64)68-47(2,3)4/h8-11,14-17,20,31-33H,7,12-13,18-19,21-27H2,1-6H3/t31-,32?,33?,48+/m1/s1. The molecule has 2 aromatic heterocycles. The third-order valence-electron chi connectivity index (χ3n) is 13.4. The molecule has 2 unspecified atom stereocenters. The second-order valence-corrected chi connectivity index (χ2v) is 19.6. The number of carbonyl (C=O) groups is 1. The molecule has 0 spiro atoms. The minimum atomic E-state index is -5.04. The van der Waals surface area contributed by atoms with Gasteiger partial charge in [-0.1, -0.05) is 35.9 Å². The number of halogens is 6. The van der Waals surface area contributed by atoms with Crippen molar-refractivity contribution in [3.63, 3.8) is 0 Å². The highest BCUT2D eigenvalue weighted by molar-refractivity contribution is 6.34. The Balaban J connectivity index is 1.17. The quantitative estimate of drug-likeness (QED) is 0.111. The molecule has 0 radical (unpaired) electrons. The second-order valence-electron chi connectivity index (χ2n) is 19.2. The van der Waals surface area contributed by atoms with E-state index in [2.05, 4.69) is 19.9 Å². The molecule has 0 N–H and O–H groups in total. The fraction of sp³-hybridized carbons (Fsp3) is 0.490. The number of piperazine rings is 1. The van der Waals surface area contributed by atoms with Gasteiger partial charge in [-0.2, -0.15) is 23.1 Å². The molecule has 5 aromatic rings. The fourth-order valence-corrected chi connectivity index (χ4v) is 10.6. The van der Waals surface area contributed by atoms with Crippen LogP contribution in [0.2, 0.25) is 5.02 Å². The van der Waals surface area contributed by atoms with E-state index in [0.717, 1.165) is 17.5 Å². The van der Waals surface area contributed by atoms with Gasteiger partial charge in [0.25, 0.3) is 0 Å². The minimum absolute atomic E-state index is 0.0169. The number of aromatic nitrogens is 4. The third-order valence-corrected chi connectivity index (χ3v) is 13.7. The van der Waals surface area contributed by atoms with Gasteiger partial charge in [-0.25, -0.2) is 23.5 Å². The molecule has 4 fully saturated rings. The van der Waals surface area contributed by atoms with Crippen molar-refractivity contribution in [2.24, 2.45) is 0 Å². The summed E-state index contributed by atoms with van der Waals surface area (Å²) in [6.45, 7) is 8.47. The van der Waals surface area contributed by atoms with Crippen LogP contribution in [0.15, 0.2) is 54.6 Å². The Morgan fingerprint density at radius 2 is 1.51 bits per heavy atom. The number of carbonyl (C=O) groups excluding carboxylic acids is 1. The lowest BCUT2D eigenvalue weighted by Gasteiger charge is -2.42. The molecule has 362 valence electrons. The van der Waals surface area contributed by atoms with E-state index in [1.807, 2.05) is 29.2 Å². The van der Waals surface area contributed by atoms with Crippen molar-refractivity contribution in [3.05, 3.63) is 87.8 Å². The molecule has 4 aliphatic heterocycles. The lowest BCUT2D eigenvalue weighted by atomic mass is 9.95. The number of hydrogen-bond acceptors (Lipinski definition) is 12. The van der Waals surface area contributed by atoms with Gasteiger partial charge in [-0.15, -0.1) is 0 Å². The van der Waals surface area contributed by atoms with Crippen LogP contribution in [-0.2, 0) is 24.0 Å². The number of methoxy groups -OCH3 is 2. The molecule has 0 saturated carbocycles. The SMILES string of the molecule is COc1ccc(CN(Cc2ccc(OC)cc2)c2nc(C)c(C(F)(F)F)c(-c3c(Cl)cc4c(N5CC6CCC(C5)N6C(=O)OC(C)(C)C)nc(OC[C@@]56CCCN5C[C@H](F)C6)nc4c3F)n2)cc1. The molecule has 0 aliphatic carbocycles. The topological polar surface area (TPSA) is 119 Å². The first-order chi connectivity index (χ1) is 32.3. The van der Waals surface area contributed by atoms with Gasteiger partial charge < -0.3 is 28.7 Å². The number of aryl methyl sites for hydroxylation is 1. The Hall–Kier alpha value is -5.75. The van der Waals surface area contributed by atoms with Crippen LogP contribution in [0.4, 0.5) is 38.5 Å². The van der Waals surface area contributed by atoms with Crippen LogP contribution < -0.4 is 24.0 Å². The molecule has 9 rings (SSSR count). The summed E-state index contributed by atoms with van der Waals surface area (Å²) in [5, 5.41) is -0.241.